The van der Waals surface area contributed by atoms with Crippen LogP contribution in [0, 0.1) is 19.7 Å². The Hall–Kier alpha value is -4.65. The summed E-state index contributed by atoms with van der Waals surface area (Å²) in [6, 6.07) is 18.9. The van der Waals surface area contributed by atoms with E-state index in [9.17, 15) is 33.8 Å². The summed E-state index contributed by atoms with van der Waals surface area (Å²) in [5.41, 5.74) is 9.05. The molecule has 0 aliphatic carbocycles. The molecule has 0 spiro atoms. The molecule has 3 aromatic carbocycles. The number of carboxylic acids is 2. The molecule has 0 bridgehead atoms. The van der Waals surface area contributed by atoms with Gasteiger partial charge in [-0.3, -0.25) is 4.90 Å². The first-order chi connectivity index (χ1) is 21.4. The number of benzene rings is 3. The number of esters is 2. The Kier molecular flexibility index (Phi) is 12.7. The lowest BCUT2D eigenvalue weighted by Crippen LogP contribution is -2.45. The smallest absolute Gasteiger partial charge is 0.349 e. The normalized spacial score (nSPS) is 17.4. The second kappa shape index (κ2) is 16.4. The predicted molar refractivity (Wildman–Crippen MR) is 161 cm³/mol. The summed E-state index contributed by atoms with van der Waals surface area (Å²) >= 11 is 0. The lowest BCUT2D eigenvalue weighted by Gasteiger charge is -2.21. The van der Waals surface area contributed by atoms with E-state index in [4.69, 9.17) is 19.9 Å². The van der Waals surface area contributed by atoms with Gasteiger partial charge >= 0.3 is 23.9 Å². The molecule has 3 aromatic rings. The standard InChI is InChI=1S/C20H18O8.C13H19FN2O/c1-11-3-7-13(8-4-11)19(25)27-15(17(21)22)16(18(23)24)28-20(26)14-9-5-12(2)6-10-14;1-17-7-6-16-8-12(13(15)9-16)10-2-4-11(14)5-3-10/h3-10,15-16H,1-2H3,(H,21,22)(H,23,24);2-5,12-13H,6-9,15H2,1H3/t15-,16?;12-,13+/m00/s1. The number of nitrogens with two attached hydrogens (primary N) is 1. The summed E-state index contributed by atoms with van der Waals surface area (Å²) < 4.78 is 27.6. The number of ether oxygens (including phenoxy) is 3. The van der Waals surface area contributed by atoms with Gasteiger partial charge in [0.1, 0.15) is 5.82 Å². The highest BCUT2D eigenvalue weighted by Crippen LogP contribution is 2.26. The molecular weight excluding hydrogens is 587 g/mol. The van der Waals surface area contributed by atoms with Crippen molar-refractivity contribution >= 4 is 23.9 Å². The number of aryl methyl sites for hydroxylation is 2. The van der Waals surface area contributed by atoms with Gasteiger partial charge in [0.15, 0.2) is 0 Å². The van der Waals surface area contributed by atoms with Crippen LogP contribution in [0.1, 0.15) is 43.3 Å². The van der Waals surface area contributed by atoms with Crippen molar-refractivity contribution < 1.29 is 48.0 Å². The summed E-state index contributed by atoms with van der Waals surface area (Å²) in [5.74, 6) is -5.52. The first kappa shape index (κ1) is 34.8. The number of aliphatic carboxylic acids is 2. The molecule has 4 atom stereocenters. The van der Waals surface area contributed by atoms with Crippen LogP contribution in [-0.2, 0) is 23.8 Å². The third-order valence-electron chi connectivity index (χ3n) is 7.15. The zero-order chi connectivity index (χ0) is 33.1. The molecule has 4 N–H and O–H groups in total. The number of methoxy groups -OCH3 is 1. The van der Waals surface area contributed by atoms with Crippen LogP contribution < -0.4 is 5.73 Å². The molecule has 45 heavy (non-hydrogen) atoms. The van der Waals surface area contributed by atoms with Crippen molar-refractivity contribution in [1.82, 2.24) is 4.90 Å². The first-order valence-electron chi connectivity index (χ1n) is 14.1. The summed E-state index contributed by atoms with van der Waals surface area (Å²) in [4.78, 5) is 49.6. The van der Waals surface area contributed by atoms with E-state index in [1.54, 1.807) is 45.2 Å². The van der Waals surface area contributed by atoms with E-state index in [-0.39, 0.29) is 23.0 Å². The van der Waals surface area contributed by atoms with Gasteiger partial charge in [-0.1, -0.05) is 47.5 Å². The van der Waals surface area contributed by atoms with E-state index < -0.39 is 36.1 Å². The summed E-state index contributed by atoms with van der Waals surface area (Å²) in [7, 11) is 1.70. The van der Waals surface area contributed by atoms with E-state index in [0.717, 1.165) is 42.9 Å². The molecule has 4 rings (SSSR count). The minimum Gasteiger partial charge on any atom is -0.478 e. The van der Waals surface area contributed by atoms with Crippen molar-refractivity contribution in [2.75, 3.05) is 33.4 Å². The van der Waals surface area contributed by atoms with Gasteiger partial charge in [-0.25, -0.2) is 23.6 Å². The number of nitrogens with zero attached hydrogens (tertiary/aromatic N) is 1. The molecule has 1 unspecified atom stereocenters. The van der Waals surface area contributed by atoms with Crippen LogP contribution in [0.5, 0.6) is 0 Å². The highest BCUT2D eigenvalue weighted by molar-refractivity contribution is 5.95. The monoisotopic (exact) mass is 624 g/mol. The van der Waals surface area contributed by atoms with Crippen LogP contribution in [-0.4, -0.2) is 90.6 Å². The Morgan fingerprint density at radius 2 is 1.24 bits per heavy atom. The molecule has 0 saturated carbocycles. The average molecular weight is 625 g/mol. The molecule has 0 radical (unpaired) electrons. The third-order valence-corrected chi connectivity index (χ3v) is 7.15. The second-order valence-electron chi connectivity index (χ2n) is 10.6. The maximum Gasteiger partial charge on any atom is 0.349 e. The zero-order valence-electron chi connectivity index (χ0n) is 25.2. The van der Waals surface area contributed by atoms with Crippen molar-refractivity contribution in [2.24, 2.45) is 5.73 Å². The van der Waals surface area contributed by atoms with E-state index in [1.807, 2.05) is 12.1 Å². The number of carbonyl (C=O) groups excluding carboxylic acids is 2. The number of rotatable bonds is 11. The second-order valence-corrected chi connectivity index (χ2v) is 10.6. The minimum absolute atomic E-state index is 0.0332. The number of carboxylic acid groups (broad SMARTS) is 2. The number of carbonyl (C=O) groups is 4. The van der Waals surface area contributed by atoms with Crippen molar-refractivity contribution in [3.63, 3.8) is 0 Å². The fraction of sp³-hybridized carbons (Fsp3) is 0.333. The summed E-state index contributed by atoms with van der Waals surface area (Å²) in [6.45, 7) is 7.02. The Morgan fingerprint density at radius 3 is 1.64 bits per heavy atom. The summed E-state index contributed by atoms with van der Waals surface area (Å²) in [6.07, 6.45) is -4.44. The van der Waals surface area contributed by atoms with Crippen LogP contribution in [0.25, 0.3) is 0 Å². The van der Waals surface area contributed by atoms with Crippen LogP contribution in [0.15, 0.2) is 72.8 Å². The van der Waals surface area contributed by atoms with Crippen molar-refractivity contribution in [1.29, 1.82) is 0 Å². The lowest BCUT2D eigenvalue weighted by atomic mass is 9.95. The summed E-state index contributed by atoms with van der Waals surface area (Å²) in [5, 5.41) is 18.6. The highest BCUT2D eigenvalue weighted by atomic mass is 19.1. The van der Waals surface area contributed by atoms with Crippen molar-refractivity contribution in [3.05, 3.63) is 106 Å². The molecule has 1 aliphatic rings. The topological polar surface area (TPSA) is 166 Å². The molecule has 1 fully saturated rings. The van der Waals surface area contributed by atoms with Crippen LogP contribution in [0.2, 0.25) is 0 Å². The quantitative estimate of drug-likeness (QED) is 0.268. The van der Waals surface area contributed by atoms with Gasteiger partial charge in [0, 0.05) is 38.7 Å². The Morgan fingerprint density at radius 1 is 0.800 bits per heavy atom. The maximum atomic E-state index is 12.9. The third kappa shape index (κ3) is 10.2. The van der Waals surface area contributed by atoms with E-state index in [2.05, 4.69) is 4.90 Å². The van der Waals surface area contributed by atoms with Gasteiger partial charge in [0.2, 0.25) is 12.2 Å². The zero-order valence-corrected chi connectivity index (χ0v) is 25.2. The Balaban J connectivity index is 0.000000276. The lowest BCUT2D eigenvalue weighted by molar-refractivity contribution is -0.166. The van der Waals surface area contributed by atoms with E-state index >= 15 is 0 Å². The number of likely N-dealkylation sites (tertiary alicyclic amines) is 1. The number of hydrogen-bond donors (Lipinski definition) is 3. The minimum atomic E-state index is -2.22. The SMILES string of the molecule is COCCN1C[C@@H](N)[C@H](c2ccc(F)cc2)C1.Cc1ccc(C(=O)OC(C(=O)O)[C@H](OC(=O)c2ccc(C)cc2)C(=O)O)cc1. The molecular formula is C33H37FN2O9. The highest BCUT2D eigenvalue weighted by Gasteiger charge is 2.41. The Labute approximate surface area is 260 Å². The van der Waals surface area contributed by atoms with Crippen molar-refractivity contribution in [3.8, 4) is 0 Å². The van der Waals surface area contributed by atoms with Gasteiger partial charge in [-0.2, -0.15) is 0 Å². The maximum absolute atomic E-state index is 12.9. The molecule has 12 heteroatoms. The Bertz CT molecular complexity index is 1370. The van der Waals surface area contributed by atoms with Gasteiger partial charge < -0.3 is 30.2 Å². The van der Waals surface area contributed by atoms with E-state index in [0.29, 0.717) is 5.92 Å². The number of hydrogen-bond acceptors (Lipinski definition) is 9. The molecule has 0 amide bonds. The molecule has 0 aromatic heterocycles. The van der Waals surface area contributed by atoms with Gasteiger partial charge in [0.25, 0.3) is 0 Å². The molecule has 1 heterocycles. The largest absolute Gasteiger partial charge is 0.478 e. The van der Waals surface area contributed by atoms with Gasteiger partial charge in [-0.15, -0.1) is 0 Å². The first-order valence-corrected chi connectivity index (χ1v) is 14.1. The van der Waals surface area contributed by atoms with Gasteiger partial charge in [0.05, 0.1) is 17.7 Å². The van der Waals surface area contributed by atoms with Crippen LogP contribution in [0.3, 0.4) is 0 Å². The molecule has 1 aliphatic heterocycles. The van der Waals surface area contributed by atoms with Crippen LogP contribution >= 0.6 is 0 Å². The fourth-order valence-corrected chi connectivity index (χ4v) is 4.61. The molecule has 11 nitrogen and oxygen atoms in total. The number of halogens is 1. The van der Waals surface area contributed by atoms with E-state index in [1.165, 1.54) is 36.4 Å². The molecule has 1 saturated heterocycles. The molecule has 240 valence electrons. The fourth-order valence-electron chi connectivity index (χ4n) is 4.61. The van der Waals surface area contributed by atoms with Gasteiger partial charge in [-0.05, 0) is 55.8 Å². The van der Waals surface area contributed by atoms with Crippen molar-refractivity contribution in [2.45, 2.75) is 38.0 Å². The average Bonchev–Trinajstić information content (AvgIpc) is 3.38. The van der Waals surface area contributed by atoms with Crippen LogP contribution in [0.4, 0.5) is 4.39 Å². The predicted octanol–water partition coefficient (Wildman–Crippen LogP) is 3.42.